The van der Waals surface area contributed by atoms with Crippen LogP contribution in [0.5, 0.6) is 5.75 Å². The first-order valence-electron chi connectivity index (χ1n) is 5.84. The van der Waals surface area contributed by atoms with Gasteiger partial charge in [-0.3, -0.25) is 9.59 Å². The molecule has 0 aromatic heterocycles. The largest absolute Gasteiger partial charge is 0.496 e. The maximum Gasteiger partial charge on any atom is 0.326 e. The number of hydrogen-bond acceptors (Lipinski definition) is 4. The highest BCUT2D eigenvalue weighted by Crippen LogP contribution is 2.17. The van der Waals surface area contributed by atoms with Crippen molar-refractivity contribution in [3.63, 3.8) is 0 Å². The van der Waals surface area contributed by atoms with Crippen LogP contribution in [0.25, 0.3) is 0 Å². The van der Waals surface area contributed by atoms with E-state index in [1.54, 1.807) is 18.2 Å². The van der Waals surface area contributed by atoms with Crippen LogP contribution in [0.4, 0.5) is 0 Å². The summed E-state index contributed by atoms with van der Waals surface area (Å²) in [5.74, 6) is -2.72. The second-order valence-electron chi connectivity index (χ2n) is 4.00. The third kappa shape index (κ3) is 4.27. The van der Waals surface area contributed by atoms with Gasteiger partial charge in [0.2, 0.25) is 0 Å². The fourth-order valence-electron chi connectivity index (χ4n) is 1.59. The third-order valence-corrected chi connectivity index (χ3v) is 2.60. The number of ether oxygens (including phenoxy) is 1. The van der Waals surface area contributed by atoms with Crippen LogP contribution in [0.3, 0.4) is 0 Å². The quantitative estimate of drug-likeness (QED) is 0.679. The van der Waals surface area contributed by atoms with Gasteiger partial charge in [0, 0.05) is 6.42 Å². The number of para-hydroxylation sites is 1. The minimum atomic E-state index is -1.28. The van der Waals surface area contributed by atoms with Crippen molar-refractivity contribution in [2.24, 2.45) is 0 Å². The number of aliphatic carboxylic acids is 2. The van der Waals surface area contributed by atoms with Gasteiger partial charge in [-0.2, -0.15) is 0 Å². The predicted molar refractivity (Wildman–Crippen MR) is 68.8 cm³/mol. The zero-order valence-corrected chi connectivity index (χ0v) is 10.8. The number of carboxylic acid groups (broad SMARTS) is 2. The van der Waals surface area contributed by atoms with Gasteiger partial charge in [0.05, 0.1) is 12.7 Å². The number of rotatable bonds is 7. The fraction of sp³-hybridized carbons (Fsp3) is 0.308. The van der Waals surface area contributed by atoms with E-state index >= 15 is 0 Å². The van der Waals surface area contributed by atoms with E-state index < -0.39 is 23.9 Å². The van der Waals surface area contributed by atoms with E-state index in [1.165, 1.54) is 13.2 Å². The van der Waals surface area contributed by atoms with Gasteiger partial charge < -0.3 is 20.3 Å². The summed E-state index contributed by atoms with van der Waals surface area (Å²) in [5.41, 5.74) is 0.191. The lowest BCUT2D eigenvalue weighted by molar-refractivity contribution is -0.140. The predicted octanol–water partition coefficient (Wildman–Crippen LogP) is 0.743. The van der Waals surface area contributed by atoms with Crippen LogP contribution in [0.2, 0.25) is 0 Å². The normalized spacial score (nSPS) is 11.4. The molecule has 0 radical (unpaired) electrons. The van der Waals surface area contributed by atoms with Crippen molar-refractivity contribution < 1.29 is 29.3 Å². The van der Waals surface area contributed by atoms with Crippen LogP contribution in [-0.4, -0.2) is 41.2 Å². The number of amides is 1. The molecular formula is C13H15NO6. The van der Waals surface area contributed by atoms with Gasteiger partial charge in [-0.1, -0.05) is 12.1 Å². The number of carbonyl (C=O) groups excluding carboxylic acids is 1. The Balaban J connectivity index is 2.80. The summed E-state index contributed by atoms with van der Waals surface area (Å²) < 4.78 is 5.00. The Hall–Kier alpha value is -2.57. The molecule has 0 aliphatic rings. The highest BCUT2D eigenvalue weighted by molar-refractivity contribution is 5.98. The van der Waals surface area contributed by atoms with E-state index in [0.717, 1.165) is 0 Å². The maximum absolute atomic E-state index is 12.0. The van der Waals surface area contributed by atoms with Crippen LogP contribution in [0.1, 0.15) is 23.2 Å². The summed E-state index contributed by atoms with van der Waals surface area (Å²) in [6.07, 6.45) is -0.533. The average Bonchev–Trinajstić information content (AvgIpc) is 2.42. The molecule has 0 bridgehead atoms. The Kier molecular flexibility index (Phi) is 5.52. The van der Waals surface area contributed by atoms with Gasteiger partial charge in [0.25, 0.3) is 5.91 Å². The summed E-state index contributed by atoms with van der Waals surface area (Å²) in [5, 5.41) is 19.8. The Morgan fingerprint density at radius 3 is 2.45 bits per heavy atom. The topological polar surface area (TPSA) is 113 Å². The molecule has 1 amide bonds. The zero-order valence-electron chi connectivity index (χ0n) is 10.8. The first-order chi connectivity index (χ1) is 9.45. The lowest BCUT2D eigenvalue weighted by Crippen LogP contribution is -2.41. The van der Waals surface area contributed by atoms with E-state index in [2.05, 4.69) is 5.32 Å². The molecule has 1 atom stereocenters. The molecule has 0 saturated heterocycles. The minimum absolute atomic E-state index is 0.189. The minimum Gasteiger partial charge on any atom is -0.496 e. The van der Waals surface area contributed by atoms with Crippen LogP contribution in [-0.2, 0) is 9.59 Å². The van der Waals surface area contributed by atoms with Crippen molar-refractivity contribution in [3.8, 4) is 5.75 Å². The number of carbonyl (C=O) groups is 3. The van der Waals surface area contributed by atoms with E-state index in [-0.39, 0.29) is 18.4 Å². The van der Waals surface area contributed by atoms with Crippen LogP contribution >= 0.6 is 0 Å². The fourth-order valence-corrected chi connectivity index (χ4v) is 1.59. The van der Waals surface area contributed by atoms with Crippen molar-refractivity contribution in [1.82, 2.24) is 5.32 Å². The molecule has 7 heteroatoms. The first-order valence-corrected chi connectivity index (χ1v) is 5.84. The molecule has 1 rings (SSSR count). The Morgan fingerprint density at radius 1 is 1.25 bits per heavy atom. The summed E-state index contributed by atoms with van der Waals surface area (Å²) in [4.78, 5) is 33.4. The molecule has 3 N–H and O–H groups in total. The molecule has 1 aromatic rings. The average molecular weight is 281 g/mol. The van der Waals surface area contributed by atoms with Crippen LogP contribution in [0.15, 0.2) is 24.3 Å². The van der Waals surface area contributed by atoms with Crippen LogP contribution < -0.4 is 10.1 Å². The number of benzene rings is 1. The second kappa shape index (κ2) is 7.13. The van der Waals surface area contributed by atoms with Crippen molar-refractivity contribution in [2.75, 3.05) is 7.11 Å². The van der Waals surface area contributed by atoms with Crippen molar-refractivity contribution >= 4 is 17.8 Å². The van der Waals surface area contributed by atoms with Gasteiger partial charge in [0.15, 0.2) is 0 Å². The molecule has 1 unspecified atom stereocenters. The highest BCUT2D eigenvalue weighted by Gasteiger charge is 2.22. The zero-order chi connectivity index (χ0) is 15.1. The van der Waals surface area contributed by atoms with Gasteiger partial charge in [-0.25, -0.2) is 4.79 Å². The standard InChI is InChI=1S/C13H15NO6/c1-20-10-5-3-2-4-8(10)12(17)14-9(13(18)19)6-7-11(15)16/h2-5,9H,6-7H2,1H3,(H,14,17)(H,15,16)(H,18,19). The molecule has 0 fully saturated rings. The molecular weight excluding hydrogens is 266 g/mol. The molecule has 0 saturated carbocycles. The summed E-state index contributed by atoms with van der Waals surface area (Å²) in [7, 11) is 1.39. The molecule has 0 spiro atoms. The molecule has 20 heavy (non-hydrogen) atoms. The number of methoxy groups -OCH3 is 1. The highest BCUT2D eigenvalue weighted by atomic mass is 16.5. The maximum atomic E-state index is 12.0. The second-order valence-corrected chi connectivity index (χ2v) is 4.00. The molecule has 1 aromatic carbocycles. The van der Waals surface area contributed by atoms with Crippen LogP contribution in [0, 0.1) is 0 Å². The van der Waals surface area contributed by atoms with Crippen molar-refractivity contribution in [1.29, 1.82) is 0 Å². The number of hydrogen-bond donors (Lipinski definition) is 3. The van der Waals surface area contributed by atoms with Gasteiger partial charge in [0.1, 0.15) is 11.8 Å². The molecule has 108 valence electrons. The van der Waals surface area contributed by atoms with E-state index in [0.29, 0.717) is 5.75 Å². The summed E-state index contributed by atoms with van der Waals surface area (Å²) in [6, 6.07) is 5.09. The van der Waals surface area contributed by atoms with E-state index in [1.807, 2.05) is 0 Å². The van der Waals surface area contributed by atoms with E-state index in [9.17, 15) is 14.4 Å². The van der Waals surface area contributed by atoms with Crippen molar-refractivity contribution in [3.05, 3.63) is 29.8 Å². The van der Waals surface area contributed by atoms with Gasteiger partial charge >= 0.3 is 11.9 Å². The van der Waals surface area contributed by atoms with Crippen molar-refractivity contribution in [2.45, 2.75) is 18.9 Å². The Labute approximate surface area is 115 Å². The molecule has 7 nitrogen and oxygen atoms in total. The number of carboxylic acids is 2. The Bertz CT molecular complexity index is 513. The molecule has 0 aliphatic heterocycles. The van der Waals surface area contributed by atoms with Gasteiger partial charge in [-0.05, 0) is 18.6 Å². The summed E-state index contributed by atoms with van der Waals surface area (Å²) in [6.45, 7) is 0. The SMILES string of the molecule is COc1ccccc1C(=O)NC(CCC(=O)O)C(=O)O. The monoisotopic (exact) mass is 281 g/mol. The Morgan fingerprint density at radius 2 is 1.90 bits per heavy atom. The molecule has 0 aliphatic carbocycles. The lowest BCUT2D eigenvalue weighted by atomic mass is 10.1. The number of nitrogens with one attached hydrogen (secondary N) is 1. The first kappa shape index (κ1) is 15.5. The molecule has 0 heterocycles. The smallest absolute Gasteiger partial charge is 0.326 e. The summed E-state index contributed by atoms with van der Waals surface area (Å²) >= 11 is 0. The lowest BCUT2D eigenvalue weighted by Gasteiger charge is -2.14. The van der Waals surface area contributed by atoms with Gasteiger partial charge in [-0.15, -0.1) is 0 Å². The van der Waals surface area contributed by atoms with E-state index in [4.69, 9.17) is 14.9 Å². The third-order valence-electron chi connectivity index (χ3n) is 2.60.